The maximum Gasteiger partial charge on any atom is 0.0275 e. The molecule has 4 heteroatoms. The van der Waals surface area contributed by atoms with E-state index in [0.717, 1.165) is 32.7 Å². The average molecular weight is 226 g/mol. The van der Waals surface area contributed by atoms with Gasteiger partial charge in [0.25, 0.3) is 0 Å². The van der Waals surface area contributed by atoms with Crippen LogP contribution in [0, 0.1) is 0 Å². The Kier molecular flexibility index (Phi) is 6.18. The summed E-state index contributed by atoms with van der Waals surface area (Å²) in [5, 5.41) is 6.84. The summed E-state index contributed by atoms with van der Waals surface area (Å²) in [7, 11) is 2.19. The molecule has 0 amide bonds. The van der Waals surface area contributed by atoms with Gasteiger partial charge in [-0.3, -0.25) is 4.90 Å². The summed E-state index contributed by atoms with van der Waals surface area (Å²) >= 11 is 0. The molecule has 0 unspecified atom stereocenters. The number of hydrogen-bond donors (Lipinski definition) is 2. The Balaban J connectivity index is 0.00000144. The molecule has 0 aromatic heterocycles. The van der Waals surface area contributed by atoms with Crippen LogP contribution in [0.3, 0.4) is 0 Å². The van der Waals surface area contributed by atoms with Crippen molar-refractivity contribution in [3.8, 4) is 0 Å². The third kappa shape index (κ3) is 4.43. The third-order valence-corrected chi connectivity index (χ3v) is 2.69. The van der Waals surface area contributed by atoms with Crippen molar-refractivity contribution < 1.29 is 17.1 Å². The Bertz CT molecular complexity index is 139. The van der Waals surface area contributed by atoms with E-state index < -0.39 is 0 Å². The second kappa shape index (κ2) is 5.99. The standard InChI is InChI=1S/C9H21N3.Mn/c1-9(2)8-11-5-4-10-6-7-12(9)3;/h10-11H,4-8H2,1-3H3;. The molecule has 0 aromatic carbocycles. The Morgan fingerprint density at radius 1 is 1.08 bits per heavy atom. The van der Waals surface area contributed by atoms with Gasteiger partial charge in [0.05, 0.1) is 0 Å². The molecular formula is C9H21MnN3. The molecule has 1 heterocycles. The summed E-state index contributed by atoms with van der Waals surface area (Å²) in [6.45, 7) is 10.0. The predicted octanol–water partition coefficient (Wildman–Crippen LogP) is -0.113. The first-order chi connectivity index (χ1) is 5.63. The topological polar surface area (TPSA) is 27.3 Å². The SMILES string of the molecule is CN1CCNCCNCC1(C)C.[Mn]. The van der Waals surface area contributed by atoms with Crippen LogP contribution in [0.4, 0.5) is 0 Å². The minimum Gasteiger partial charge on any atom is -0.314 e. The number of likely N-dealkylation sites (N-methyl/N-ethyl adjacent to an activating group) is 1. The fourth-order valence-electron chi connectivity index (χ4n) is 1.38. The molecule has 13 heavy (non-hydrogen) atoms. The van der Waals surface area contributed by atoms with Crippen molar-refractivity contribution >= 4 is 0 Å². The molecule has 1 rings (SSSR count). The predicted molar refractivity (Wildman–Crippen MR) is 52.4 cm³/mol. The molecule has 0 atom stereocenters. The Morgan fingerprint density at radius 2 is 1.69 bits per heavy atom. The van der Waals surface area contributed by atoms with Crippen LogP contribution in [0.25, 0.3) is 0 Å². The van der Waals surface area contributed by atoms with Gasteiger partial charge in [0, 0.05) is 55.3 Å². The summed E-state index contributed by atoms with van der Waals surface area (Å²) in [5.41, 5.74) is 0.284. The van der Waals surface area contributed by atoms with Crippen LogP contribution in [0.5, 0.6) is 0 Å². The Hall–Kier alpha value is 0.399. The van der Waals surface area contributed by atoms with E-state index >= 15 is 0 Å². The van der Waals surface area contributed by atoms with Crippen LogP contribution >= 0.6 is 0 Å². The zero-order valence-electron chi connectivity index (χ0n) is 8.86. The second-order valence-electron chi connectivity index (χ2n) is 4.16. The van der Waals surface area contributed by atoms with E-state index in [1.165, 1.54) is 0 Å². The summed E-state index contributed by atoms with van der Waals surface area (Å²) < 4.78 is 0. The van der Waals surface area contributed by atoms with E-state index in [4.69, 9.17) is 0 Å². The van der Waals surface area contributed by atoms with Crippen LogP contribution in [0.1, 0.15) is 13.8 Å². The summed E-state index contributed by atoms with van der Waals surface area (Å²) in [6.07, 6.45) is 0. The molecule has 1 fully saturated rings. The Labute approximate surface area is 92.1 Å². The van der Waals surface area contributed by atoms with E-state index in [1.54, 1.807) is 0 Å². The molecule has 0 aliphatic carbocycles. The molecule has 1 aliphatic rings. The van der Waals surface area contributed by atoms with Gasteiger partial charge in [-0.15, -0.1) is 0 Å². The van der Waals surface area contributed by atoms with Crippen molar-refractivity contribution in [2.75, 3.05) is 39.8 Å². The molecule has 1 saturated heterocycles. The molecule has 0 aromatic rings. The molecule has 0 saturated carbocycles. The minimum atomic E-state index is 0. The second-order valence-corrected chi connectivity index (χ2v) is 4.16. The van der Waals surface area contributed by atoms with E-state index in [0.29, 0.717) is 0 Å². The number of nitrogens with zero attached hydrogens (tertiary/aromatic N) is 1. The van der Waals surface area contributed by atoms with Crippen molar-refractivity contribution in [2.45, 2.75) is 19.4 Å². The molecule has 0 spiro atoms. The molecule has 1 radical (unpaired) electrons. The minimum absolute atomic E-state index is 0. The van der Waals surface area contributed by atoms with Crippen LogP contribution in [0.15, 0.2) is 0 Å². The van der Waals surface area contributed by atoms with Gasteiger partial charge >= 0.3 is 0 Å². The van der Waals surface area contributed by atoms with Gasteiger partial charge in [0.2, 0.25) is 0 Å². The number of nitrogens with one attached hydrogen (secondary N) is 2. The molecule has 3 nitrogen and oxygen atoms in total. The molecular weight excluding hydrogens is 205 g/mol. The zero-order chi connectivity index (χ0) is 9.03. The third-order valence-electron chi connectivity index (χ3n) is 2.69. The van der Waals surface area contributed by atoms with Crippen LogP contribution in [0.2, 0.25) is 0 Å². The average Bonchev–Trinajstić information content (AvgIpc) is 2.06. The number of rotatable bonds is 0. The number of hydrogen-bond acceptors (Lipinski definition) is 3. The van der Waals surface area contributed by atoms with Crippen molar-refractivity contribution in [2.24, 2.45) is 0 Å². The van der Waals surface area contributed by atoms with Crippen LogP contribution < -0.4 is 10.6 Å². The Morgan fingerprint density at radius 3 is 2.38 bits per heavy atom. The summed E-state index contributed by atoms with van der Waals surface area (Å²) in [4.78, 5) is 2.40. The van der Waals surface area contributed by atoms with E-state index in [1.807, 2.05) is 0 Å². The van der Waals surface area contributed by atoms with Gasteiger partial charge in [-0.05, 0) is 20.9 Å². The van der Waals surface area contributed by atoms with Gasteiger partial charge in [-0.25, -0.2) is 0 Å². The van der Waals surface area contributed by atoms with Crippen molar-refractivity contribution in [1.82, 2.24) is 15.5 Å². The summed E-state index contributed by atoms with van der Waals surface area (Å²) in [6, 6.07) is 0. The quantitative estimate of drug-likeness (QED) is 0.564. The first-order valence-electron chi connectivity index (χ1n) is 4.75. The first kappa shape index (κ1) is 13.4. The van der Waals surface area contributed by atoms with Gasteiger partial charge in [0.15, 0.2) is 0 Å². The van der Waals surface area contributed by atoms with Crippen molar-refractivity contribution in [3.05, 3.63) is 0 Å². The van der Waals surface area contributed by atoms with Gasteiger partial charge in [-0.1, -0.05) is 0 Å². The largest absolute Gasteiger partial charge is 0.314 e. The zero-order valence-corrected chi connectivity index (χ0v) is 10.0. The van der Waals surface area contributed by atoms with Crippen molar-refractivity contribution in [3.63, 3.8) is 0 Å². The maximum atomic E-state index is 3.44. The molecule has 2 N–H and O–H groups in total. The fraction of sp³-hybridized carbons (Fsp3) is 1.00. The molecule has 1 aliphatic heterocycles. The van der Waals surface area contributed by atoms with Crippen molar-refractivity contribution in [1.29, 1.82) is 0 Å². The molecule has 79 valence electrons. The monoisotopic (exact) mass is 226 g/mol. The normalized spacial score (nSPS) is 25.2. The van der Waals surface area contributed by atoms with Crippen LogP contribution in [-0.2, 0) is 17.1 Å². The van der Waals surface area contributed by atoms with E-state index in [2.05, 4.69) is 36.4 Å². The molecule has 0 bridgehead atoms. The van der Waals surface area contributed by atoms with Gasteiger partial charge < -0.3 is 10.6 Å². The maximum absolute atomic E-state index is 3.44. The fourth-order valence-corrected chi connectivity index (χ4v) is 1.38. The van der Waals surface area contributed by atoms with E-state index in [9.17, 15) is 0 Å². The van der Waals surface area contributed by atoms with E-state index in [-0.39, 0.29) is 22.6 Å². The van der Waals surface area contributed by atoms with Gasteiger partial charge in [0.1, 0.15) is 0 Å². The van der Waals surface area contributed by atoms with Crippen LogP contribution in [-0.4, -0.2) is 50.2 Å². The van der Waals surface area contributed by atoms with Gasteiger partial charge in [-0.2, -0.15) is 0 Å². The summed E-state index contributed by atoms with van der Waals surface area (Å²) in [5.74, 6) is 0. The first-order valence-corrected chi connectivity index (χ1v) is 4.75. The smallest absolute Gasteiger partial charge is 0.0275 e.